The fourth-order valence-corrected chi connectivity index (χ4v) is 3.65. The maximum Gasteiger partial charge on any atom is 0.0101 e. The second-order valence-corrected chi connectivity index (χ2v) is 5.61. The van der Waals surface area contributed by atoms with Crippen LogP contribution in [0.4, 0.5) is 0 Å². The van der Waals surface area contributed by atoms with Crippen LogP contribution in [-0.4, -0.2) is 12.6 Å². The summed E-state index contributed by atoms with van der Waals surface area (Å²) in [4.78, 5) is 0. The lowest BCUT2D eigenvalue weighted by molar-refractivity contribution is 0.112. The number of fused-ring (bicyclic) bond motifs is 2. The van der Waals surface area contributed by atoms with E-state index in [-0.39, 0.29) is 0 Å². The van der Waals surface area contributed by atoms with E-state index in [1.807, 2.05) is 0 Å². The van der Waals surface area contributed by atoms with Crippen LogP contribution in [0.1, 0.15) is 40.5 Å². The summed E-state index contributed by atoms with van der Waals surface area (Å²) in [6.45, 7) is 10.7. The Morgan fingerprint density at radius 3 is 2.46 bits per heavy atom. The SMILES string of the molecule is CCN[C@H]1C[C@@H]2C[C@H]1[C@@H](C)C2(C)C. The van der Waals surface area contributed by atoms with Crippen LogP contribution in [0, 0.1) is 23.2 Å². The molecule has 0 aromatic heterocycles. The minimum absolute atomic E-state index is 0.608. The Balaban J connectivity index is 2.08. The van der Waals surface area contributed by atoms with Gasteiger partial charge in [-0.1, -0.05) is 27.7 Å². The largest absolute Gasteiger partial charge is 0.314 e. The smallest absolute Gasteiger partial charge is 0.0101 e. The maximum absolute atomic E-state index is 3.64. The summed E-state index contributed by atoms with van der Waals surface area (Å²) in [5.74, 6) is 2.85. The molecular formula is C12H23N. The second kappa shape index (κ2) is 2.98. The molecule has 1 heteroatoms. The molecule has 2 bridgehead atoms. The van der Waals surface area contributed by atoms with Crippen LogP contribution in [-0.2, 0) is 0 Å². The van der Waals surface area contributed by atoms with Gasteiger partial charge in [-0.2, -0.15) is 0 Å². The summed E-state index contributed by atoms with van der Waals surface area (Å²) in [5.41, 5.74) is 0.608. The van der Waals surface area contributed by atoms with Gasteiger partial charge < -0.3 is 5.32 Å². The topological polar surface area (TPSA) is 12.0 Å². The highest BCUT2D eigenvalue weighted by atomic mass is 14.9. The van der Waals surface area contributed by atoms with Crippen LogP contribution in [0.15, 0.2) is 0 Å². The lowest BCUT2D eigenvalue weighted by Crippen LogP contribution is -2.42. The molecule has 0 amide bonds. The standard InChI is InChI=1S/C12H23N/c1-5-13-11-7-9-6-10(11)8(2)12(9,3)4/h8-11,13H,5-7H2,1-4H3/t8-,9+,10+,11+/m1/s1. The van der Waals surface area contributed by atoms with Gasteiger partial charge in [0.1, 0.15) is 0 Å². The van der Waals surface area contributed by atoms with Crippen LogP contribution in [0.3, 0.4) is 0 Å². The molecule has 0 aromatic rings. The molecule has 1 N–H and O–H groups in total. The third kappa shape index (κ3) is 1.24. The van der Waals surface area contributed by atoms with Crippen molar-refractivity contribution in [1.29, 1.82) is 0 Å². The molecule has 2 aliphatic carbocycles. The van der Waals surface area contributed by atoms with Crippen molar-refractivity contribution in [2.75, 3.05) is 6.54 Å². The van der Waals surface area contributed by atoms with Crippen molar-refractivity contribution in [3.63, 3.8) is 0 Å². The zero-order valence-corrected chi connectivity index (χ0v) is 9.43. The van der Waals surface area contributed by atoms with Crippen molar-refractivity contribution in [3.05, 3.63) is 0 Å². The van der Waals surface area contributed by atoms with Crippen LogP contribution in [0.5, 0.6) is 0 Å². The Bertz CT molecular complexity index is 193. The summed E-state index contributed by atoms with van der Waals surface area (Å²) >= 11 is 0. The van der Waals surface area contributed by atoms with Gasteiger partial charge in [-0.05, 0) is 42.6 Å². The molecule has 1 nitrogen and oxygen atoms in total. The molecule has 0 radical (unpaired) electrons. The number of hydrogen-bond donors (Lipinski definition) is 1. The van der Waals surface area contributed by atoms with Crippen LogP contribution in [0.25, 0.3) is 0 Å². The number of hydrogen-bond acceptors (Lipinski definition) is 1. The normalized spacial score (nSPS) is 47.1. The molecule has 0 unspecified atom stereocenters. The second-order valence-electron chi connectivity index (χ2n) is 5.61. The Morgan fingerprint density at radius 1 is 1.31 bits per heavy atom. The van der Waals surface area contributed by atoms with Gasteiger partial charge in [-0.25, -0.2) is 0 Å². The third-order valence-corrected chi connectivity index (χ3v) is 4.95. The van der Waals surface area contributed by atoms with Gasteiger partial charge >= 0.3 is 0 Å². The van der Waals surface area contributed by atoms with E-state index in [0.29, 0.717) is 5.41 Å². The molecule has 0 heterocycles. The first kappa shape index (κ1) is 9.51. The van der Waals surface area contributed by atoms with Crippen molar-refractivity contribution in [3.8, 4) is 0 Å². The highest BCUT2D eigenvalue weighted by Gasteiger charge is 2.54. The van der Waals surface area contributed by atoms with Crippen LogP contribution >= 0.6 is 0 Å². The lowest BCUT2D eigenvalue weighted by Gasteiger charge is -2.40. The highest BCUT2D eigenvalue weighted by Crippen LogP contribution is 2.58. The van der Waals surface area contributed by atoms with E-state index < -0.39 is 0 Å². The van der Waals surface area contributed by atoms with Gasteiger partial charge in [0, 0.05) is 6.04 Å². The Hall–Kier alpha value is -0.0400. The predicted molar refractivity (Wildman–Crippen MR) is 56.6 cm³/mol. The monoisotopic (exact) mass is 181 g/mol. The molecule has 2 saturated carbocycles. The molecule has 4 atom stereocenters. The Morgan fingerprint density at radius 2 is 2.00 bits per heavy atom. The van der Waals surface area contributed by atoms with E-state index in [2.05, 4.69) is 33.0 Å². The summed E-state index contributed by atoms with van der Waals surface area (Å²) in [6, 6.07) is 0.832. The fraction of sp³-hybridized carbons (Fsp3) is 1.00. The highest BCUT2D eigenvalue weighted by molar-refractivity contribution is 5.06. The quantitative estimate of drug-likeness (QED) is 0.690. The van der Waals surface area contributed by atoms with Gasteiger partial charge in [-0.3, -0.25) is 0 Å². The number of rotatable bonds is 2. The first-order valence-corrected chi connectivity index (χ1v) is 5.80. The van der Waals surface area contributed by atoms with Crippen molar-refractivity contribution in [1.82, 2.24) is 5.32 Å². The van der Waals surface area contributed by atoms with Crippen molar-refractivity contribution >= 4 is 0 Å². The fourth-order valence-electron chi connectivity index (χ4n) is 3.65. The van der Waals surface area contributed by atoms with E-state index in [0.717, 1.165) is 30.3 Å². The number of nitrogens with one attached hydrogen (secondary N) is 1. The van der Waals surface area contributed by atoms with Gasteiger partial charge in [0.15, 0.2) is 0 Å². The average molecular weight is 181 g/mol. The average Bonchev–Trinajstić information content (AvgIpc) is 2.54. The summed E-state index contributed by atoms with van der Waals surface area (Å²) in [7, 11) is 0. The molecule has 13 heavy (non-hydrogen) atoms. The van der Waals surface area contributed by atoms with Crippen molar-refractivity contribution in [2.24, 2.45) is 23.2 Å². The van der Waals surface area contributed by atoms with Crippen LogP contribution in [0.2, 0.25) is 0 Å². The molecule has 0 aromatic carbocycles. The Kier molecular flexibility index (Phi) is 2.18. The maximum atomic E-state index is 3.64. The van der Waals surface area contributed by atoms with Gasteiger partial charge in [0.25, 0.3) is 0 Å². The van der Waals surface area contributed by atoms with E-state index in [9.17, 15) is 0 Å². The molecular weight excluding hydrogens is 158 g/mol. The first-order valence-electron chi connectivity index (χ1n) is 5.80. The molecule has 0 saturated heterocycles. The minimum atomic E-state index is 0.608. The molecule has 76 valence electrons. The molecule has 2 rings (SSSR count). The lowest BCUT2D eigenvalue weighted by atomic mass is 9.68. The van der Waals surface area contributed by atoms with Crippen molar-refractivity contribution in [2.45, 2.75) is 46.6 Å². The minimum Gasteiger partial charge on any atom is -0.314 e. The molecule has 2 aliphatic rings. The van der Waals surface area contributed by atoms with Crippen LogP contribution < -0.4 is 5.32 Å². The van der Waals surface area contributed by atoms with Gasteiger partial charge in [0.05, 0.1) is 0 Å². The predicted octanol–water partition coefficient (Wildman–Crippen LogP) is 2.67. The Labute approximate surface area is 82.3 Å². The van der Waals surface area contributed by atoms with Crippen molar-refractivity contribution < 1.29 is 0 Å². The van der Waals surface area contributed by atoms with E-state index in [4.69, 9.17) is 0 Å². The van der Waals surface area contributed by atoms with Gasteiger partial charge in [0.2, 0.25) is 0 Å². The van der Waals surface area contributed by atoms with Gasteiger partial charge in [-0.15, -0.1) is 0 Å². The zero-order chi connectivity index (χ0) is 9.64. The molecule has 0 spiro atoms. The zero-order valence-electron chi connectivity index (χ0n) is 9.43. The summed E-state index contributed by atoms with van der Waals surface area (Å²) in [5, 5.41) is 3.64. The molecule has 2 fully saturated rings. The molecule has 0 aliphatic heterocycles. The van der Waals surface area contributed by atoms with E-state index in [1.165, 1.54) is 12.8 Å². The summed E-state index contributed by atoms with van der Waals surface area (Å²) < 4.78 is 0. The summed E-state index contributed by atoms with van der Waals surface area (Å²) in [6.07, 6.45) is 2.90. The first-order chi connectivity index (χ1) is 6.07. The third-order valence-electron chi connectivity index (χ3n) is 4.95. The van der Waals surface area contributed by atoms with E-state index in [1.54, 1.807) is 0 Å². The van der Waals surface area contributed by atoms with E-state index >= 15 is 0 Å².